The molecule has 0 fully saturated rings. The molecule has 154 valence electrons. The van der Waals surface area contributed by atoms with Crippen LogP contribution in [0.4, 0.5) is 5.69 Å². The lowest BCUT2D eigenvalue weighted by atomic mass is 10.2. The minimum atomic E-state index is -0.405. The number of nitrogens with one attached hydrogen (secondary N) is 2. The summed E-state index contributed by atoms with van der Waals surface area (Å²) in [4.78, 5) is 27.2. The first-order valence-electron chi connectivity index (χ1n) is 10.0. The van der Waals surface area contributed by atoms with Crippen molar-refractivity contribution in [1.82, 2.24) is 20.6 Å². The monoisotopic (exact) mass is 403 g/mol. The van der Waals surface area contributed by atoms with E-state index < -0.39 is 5.91 Å². The number of carbonyl (C=O) groups is 2. The number of hydrogen-bond acceptors (Lipinski definition) is 4. The molecule has 0 saturated carbocycles. The summed E-state index contributed by atoms with van der Waals surface area (Å²) in [6.45, 7) is 2.03. The van der Waals surface area contributed by atoms with Gasteiger partial charge < -0.3 is 4.90 Å². The first-order chi connectivity index (χ1) is 14.5. The Labute approximate surface area is 175 Å². The predicted molar refractivity (Wildman–Crippen MR) is 116 cm³/mol. The molecule has 1 heterocycles. The number of anilines is 1. The Morgan fingerprint density at radius 3 is 2.53 bits per heavy atom. The highest BCUT2D eigenvalue weighted by atomic mass is 16.2. The van der Waals surface area contributed by atoms with Crippen LogP contribution >= 0.6 is 0 Å². The first kappa shape index (κ1) is 19.7. The highest BCUT2D eigenvalue weighted by Gasteiger charge is 2.27. The molecule has 1 aliphatic carbocycles. The lowest BCUT2D eigenvalue weighted by Gasteiger charge is -2.13. The second-order valence-electron chi connectivity index (χ2n) is 7.68. The van der Waals surface area contributed by atoms with Gasteiger partial charge in [-0.2, -0.15) is 5.10 Å². The Kier molecular flexibility index (Phi) is 5.27. The van der Waals surface area contributed by atoms with E-state index >= 15 is 0 Å². The van der Waals surface area contributed by atoms with Gasteiger partial charge in [0, 0.05) is 36.6 Å². The normalized spacial score (nSPS) is 12.4. The molecule has 2 amide bonds. The van der Waals surface area contributed by atoms with Crippen molar-refractivity contribution < 1.29 is 9.59 Å². The van der Waals surface area contributed by atoms with E-state index in [-0.39, 0.29) is 5.91 Å². The maximum absolute atomic E-state index is 12.8. The lowest BCUT2D eigenvalue weighted by Crippen LogP contribution is -2.42. The smallest absolute Gasteiger partial charge is 0.290 e. The summed E-state index contributed by atoms with van der Waals surface area (Å²) in [7, 11) is 3.81. The Hall–Kier alpha value is -3.61. The van der Waals surface area contributed by atoms with Crippen LogP contribution in [0.2, 0.25) is 0 Å². The highest BCUT2D eigenvalue weighted by molar-refractivity contribution is 5.99. The molecule has 3 aromatic rings. The molecule has 1 aromatic heterocycles. The molecule has 2 aromatic carbocycles. The van der Waals surface area contributed by atoms with Crippen LogP contribution in [-0.2, 0) is 12.8 Å². The van der Waals surface area contributed by atoms with Crippen molar-refractivity contribution in [2.24, 2.45) is 0 Å². The van der Waals surface area contributed by atoms with Crippen LogP contribution in [0, 0.1) is 6.92 Å². The Morgan fingerprint density at radius 2 is 1.77 bits per heavy atom. The van der Waals surface area contributed by atoms with Gasteiger partial charge in [0.05, 0.1) is 5.69 Å². The molecule has 7 nitrogen and oxygen atoms in total. The third-order valence-corrected chi connectivity index (χ3v) is 5.40. The zero-order valence-electron chi connectivity index (χ0n) is 17.4. The molecule has 0 spiro atoms. The molecule has 0 saturated heterocycles. The molecule has 0 atom stereocenters. The van der Waals surface area contributed by atoms with Crippen LogP contribution in [-0.4, -0.2) is 35.7 Å². The van der Waals surface area contributed by atoms with Crippen LogP contribution < -0.4 is 15.8 Å². The van der Waals surface area contributed by atoms with Gasteiger partial charge in [-0.05, 0) is 56.0 Å². The SMILES string of the molecule is Cc1ccccc1-n1nc(C(=O)NNC(=O)c2cccc(N(C)C)c2)c2c1CCC2. The van der Waals surface area contributed by atoms with Crippen LogP contribution in [0.3, 0.4) is 0 Å². The van der Waals surface area contributed by atoms with Crippen molar-refractivity contribution in [3.63, 3.8) is 0 Å². The van der Waals surface area contributed by atoms with Crippen molar-refractivity contribution in [2.45, 2.75) is 26.2 Å². The van der Waals surface area contributed by atoms with Crippen LogP contribution in [0.15, 0.2) is 48.5 Å². The highest BCUT2D eigenvalue weighted by Crippen LogP contribution is 2.28. The van der Waals surface area contributed by atoms with E-state index in [1.165, 1.54) is 0 Å². The molecule has 30 heavy (non-hydrogen) atoms. The predicted octanol–water partition coefficient (Wildman–Crippen LogP) is 2.81. The summed E-state index contributed by atoms with van der Waals surface area (Å²) in [5.74, 6) is -0.778. The van der Waals surface area contributed by atoms with Gasteiger partial charge in [-0.15, -0.1) is 0 Å². The number of carbonyl (C=O) groups excluding carboxylic acids is 2. The molecule has 2 N–H and O–H groups in total. The zero-order valence-corrected chi connectivity index (χ0v) is 17.4. The van der Waals surface area contributed by atoms with E-state index in [4.69, 9.17) is 0 Å². The maximum Gasteiger partial charge on any atom is 0.290 e. The number of aromatic nitrogens is 2. The topological polar surface area (TPSA) is 79.3 Å². The fraction of sp³-hybridized carbons (Fsp3) is 0.261. The van der Waals surface area contributed by atoms with Gasteiger partial charge in [0.15, 0.2) is 5.69 Å². The Balaban J connectivity index is 1.53. The summed E-state index contributed by atoms with van der Waals surface area (Å²) in [5.41, 5.74) is 10.9. The number of benzene rings is 2. The molecular formula is C23H25N5O2. The molecule has 0 radical (unpaired) electrons. The quantitative estimate of drug-likeness (QED) is 0.657. The number of rotatable bonds is 4. The average molecular weight is 403 g/mol. The number of fused-ring (bicyclic) bond motifs is 1. The molecule has 0 unspecified atom stereocenters. The number of amides is 2. The van der Waals surface area contributed by atoms with Gasteiger partial charge in [-0.3, -0.25) is 20.4 Å². The van der Waals surface area contributed by atoms with Gasteiger partial charge in [0.2, 0.25) is 0 Å². The van der Waals surface area contributed by atoms with Crippen molar-refractivity contribution in [3.8, 4) is 5.69 Å². The molecule has 1 aliphatic rings. The largest absolute Gasteiger partial charge is 0.378 e. The second-order valence-corrected chi connectivity index (χ2v) is 7.68. The number of aryl methyl sites for hydroxylation is 1. The van der Waals surface area contributed by atoms with E-state index in [9.17, 15) is 9.59 Å². The van der Waals surface area contributed by atoms with E-state index in [1.54, 1.807) is 12.1 Å². The third-order valence-electron chi connectivity index (χ3n) is 5.40. The number of hydrogen-bond donors (Lipinski definition) is 2. The van der Waals surface area contributed by atoms with Crippen molar-refractivity contribution in [3.05, 3.63) is 76.6 Å². The number of nitrogens with zero attached hydrogens (tertiary/aromatic N) is 3. The number of para-hydroxylation sites is 1. The van der Waals surface area contributed by atoms with Crippen LogP contribution in [0.25, 0.3) is 5.69 Å². The van der Waals surface area contributed by atoms with Gasteiger partial charge in [0.1, 0.15) is 0 Å². The summed E-state index contributed by atoms with van der Waals surface area (Å²) >= 11 is 0. The third kappa shape index (κ3) is 3.66. The summed E-state index contributed by atoms with van der Waals surface area (Å²) < 4.78 is 1.87. The van der Waals surface area contributed by atoms with Crippen LogP contribution in [0.1, 0.15) is 44.1 Å². The fourth-order valence-corrected chi connectivity index (χ4v) is 3.79. The zero-order chi connectivity index (χ0) is 21.3. The van der Waals surface area contributed by atoms with Crippen molar-refractivity contribution >= 4 is 17.5 Å². The average Bonchev–Trinajstić information content (AvgIpc) is 3.35. The van der Waals surface area contributed by atoms with Crippen molar-refractivity contribution in [2.75, 3.05) is 19.0 Å². The van der Waals surface area contributed by atoms with Crippen molar-refractivity contribution in [1.29, 1.82) is 0 Å². The fourth-order valence-electron chi connectivity index (χ4n) is 3.79. The second kappa shape index (κ2) is 8.02. The van der Waals surface area contributed by atoms with Gasteiger partial charge in [-0.1, -0.05) is 24.3 Å². The van der Waals surface area contributed by atoms with Crippen LogP contribution in [0.5, 0.6) is 0 Å². The molecular weight excluding hydrogens is 378 g/mol. The minimum Gasteiger partial charge on any atom is -0.378 e. The lowest BCUT2D eigenvalue weighted by molar-refractivity contribution is 0.0843. The van der Waals surface area contributed by atoms with Gasteiger partial charge in [0.25, 0.3) is 11.8 Å². The maximum atomic E-state index is 12.8. The summed E-state index contributed by atoms with van der Waals surface area (Å²) in [6.07, 6.45) is 2.68. The first-order valence-corrected chi connectivity index (χ1v) is 10.0. The molecule has 0 aliphatic heterocycles. The minimum absolute atomic E-state index is 0.369. The van der Waals surface area contributed by atoms with E-state index in [2.05, 4.69) is 16.0 Å². The van der Waals surface area contributed by atoms with E-state index in [0.29, 0.717) is 11.3 Å². The van der Waals surface area contributed by atoms with Gasteiger partial charge in [-0.25, -0.2) is 4.68 Å². The van der Waals surface area contributed by atoms with E-state index in [1.807, 2.05) is 67.0 Å². The Bertz CT molecular complexity index is 1120. The standard InChI is InChI=1S/C23H25N5O2/c1-15-8-4-5-12-19(15)28-20-13-7-11-18(20)21(26-28)23(30)25-24-22(29)16-9-6-10-17(14-16)27(2)3/h4-6,8-10,12,14H,7,11,13H2,1-3H3,(H,24,29)(H,25,30). The molecule has 0 bridgehead atoms. The number of hydrazine groups is 1. The van der Waals surface area contributed by atoms with Gasteiger partial charge >= 0.3 is 0 Å². The summed E-state index contributed by atoms with van der Waals surface area (Å²) in [5, 5.41) is 4.60. The molecule has 4 rings (SSSR count). The van der Waals surface area contributed by atoms with E-state index in [0.717, 1.165) is 47.5 Å². The Morgan fingerprint density at radius 1 is 1.00 bits per heavy atom. The molecule has 7 heteroatoms. The summed E-state index contributed by atoms with van der Waals surface area (Å²) in [6, 6.07) is 15.2.